The molecule has 1 aliphatic carbocycles. The Hall–Kier alpha value is -2.89. The second-order valence-corrected chi connectivity index (χ2v) is 7.80. The molecule has 1 aliphatic heterocycles. The minimum absolute atomic E-state index is 0.0192. The minimum atomic E-state index is -0.416. The number of amides is 2. The molecule has 0 unspecified atom stereocenters. The molecular formula is C20H20N2O4. The summed E-state index contributed by atoms with van der Waals surface area (Å²) in [5, 5.41) is 5.51. The van der Waals surface area contributed by atoms with Gasteiger partial charge in [0.15, 0.2) is 11.5 Å². The number of carbonyl (C=O) groups excluding carboxylic acids is 3. The quantitative estimate of drug-likeness (QED) is 0.868. The molecule has 6 heteroatoms. The summed E-state index contributed by atoms with van der Waals surface area (Å²) in [6.45, 7) is 6.27. The Morgan fingerprint density at radius 2 is 2.00 bits per heavy atom. The molecule has 4 rings (SSSR count). The molecule has 0 bridgehead atoms. The van der Waals surface area contributed by atoms with Crippen LogP contribution in [0.4, 0.5) is 5.69 Å². The van der Waals surface area contributed by atoms with Crippen LogP contribution in [0.1, 0.15) is 68.4 Å². The van der Waals surface area contributed by atoms with Gasteiger partial charge in [0.1, 0.15) is 5.76 Å². The van der Waals surface area contributed by atoms with Crippen molar-refractivity contribution in [2.24, 2.45) is 5.41 Å². The fourth-order valence-electron chi connectivity index (χ4n) is 3.78. The van der Waals surface area contributed by atoms with Gasteiger partial charge in [-0.25, -0.2) is 0 Å². The van der Waals surface area contributed by atoms with Crippen LogP contribution in [-0.2, 0) is 13.0 Å². The molecule has 0 fully saturated rings. The molecule has 2 amide bonds. The topological polar surface area (TPSA) is 88.4 Å². The summed E-state index contributed by atoms with van der Waals surface area (Å²) >= 11 is 0. The Balaban J connectivity index is 1.63. The Bertz CT molecular complexity index is 968. The second kappa shape index (κ2) is 5.56. The number of ketones is 1. The highest BCUT2D eigenvalue weighted by molar-refractivity contribution is 6.08. The van der Waals surface area contributed by atoms with E-state index in [1.807, 2.05) is 19.9 Å². The molecular weight excluding hydrogens is 332 g/mol. The average Bonchev–Trinajstić information content (AvgIpc) is 3.07. The van der Waals surface area contributed by atoms with Crippen LogP contribution in [0.25, 0.3) is 0 Å². The van der Waals surface area contributed by atoms with Crippen molar-refractivity contribution in [1.82, 2.24) is 5.32 Å². The summed E-state index contributed by atoms with van der Waals surface area (Å²) in [4.78, 5) is 36.9. The number of Topliss-reactive ketones (excluding diaryl/α,β-unsaturated/α-hetero) is 1. The van der Waals surface area contributed by atoms with Crippen LogP contribution in [0.15, 0.2) is 22.6 Å². The molecule has 0 spiro atoms. The zero-order valence-corrected chi connectivity index (χ0v) is 15.0. The fraction of sp³-hybridized carbons (Fsp3) is 0.350. The molecule has 0 saturated carbocycles. The van der Waals surface area contributed by atoms with E-state index in [4.69, 9.17) is 4.42 Å². The van der Waals surface area contributed by atoms with E-state index in [2.05, 4.69) is 10.6 Å². The number of anilines is 1. The number of benzene rings is 1. The maximum absolute atomic E-state index is 12.7. The molecule has 6 nitrogen and oxygen atoms in total. The molecule has 26 heavy (non-hydrogen) atoms. The Labute approximate surface area is 151 Å². The molecule has 1 aromatic carbocycles. The van der Waals surface area contributed by atoms with Crippen LogP contribution in [0, 0.1) is 12.3 Å². The van der Waals surface area contributed by atoms with Crippen molar-refractivity contribution in [3.8, 4) is 0 Å². The highest BCUT2D eigenvalue weighted by Gasteiger charge is 2.37. The first-order chi connectivity index (χ1) is 12.2. The third-order valence-electron chi connectivity index (χ3n) is 5.03. The van der Waals surface area contributed by atoms with Gasteiger partial charge < -0.3 is 15.1 Å². The normalized spacial score (nSPS) is 17.5. The number of hydrogen-bond acceptors (Lipinski definition) is 4. The van der Waals surface area contributed by atoms with Crippen LogP contribution in [0.2, 0.25) is 0 Å². The van der Waals surface area contributed by atoms with Crippen molar-refractivity contribution in [2.75, 3.05) is 5.32 Å². The van der Waals surface area contributed by atoms with Crippen molar-refractivity contribution < 1.29 is 18.8 Å². The number of furan rings is 1. The summed E-state index contributed by atoms with van der Waals surface area (Å²) in [5.41, 5.74) is 2.95. The van der Waals surface area contributed by atoms with Gasteiger partial charge >= 0.3 is 0 Å². The van der Waals surface area contributed by atoms with Crippen LogP contribution in [0.3, 0.4) is 0 Å². The van der Waals surface area contributed by atoms with Crippen LogP contribution < -0.4 is 10.6 Å². The Kier molecular flexibility index (Phi) is 3.54. The highest BCUT2D eigenvalue weighted by Crippen LogP contribution is 2.38. The van der Waals surface area contributed by atoms with Crippen LogP contribution in [-0.4, -0.2) is 17.6 Å². The van der Waals surface area contributed by atoms with Gasteiger partial charge in [0, 0.05) is 36.2 Å². The summed E-state index contributed by atoms with van der Waals surface area (Å²) in [6, 6.07) is 5.22. The van der Waals surface area contributed by atoms with E-state index in [1.54, 1.807) is 19.1 Å². The standard InChI is InChI=1S/C20H20N2O4/c1-10-16-14(23)7-20(2,3)8-15(16)26-17(10)19(25)22-12-5-4-11-9-21-18(24)13(11)6-12/h4-6H,7-9H2,1-3H3,(H,21,24)(H,22,25). The lowest BCUT2D eigenvalue weighted by atomic mass is 9.76. The first-order valence-electron chi connectivity index (χ1n) is 8.63. The van der Waals surface area contributed by atoms with Gasteiger partial charge in [0.2, 0.25) is 0 Å². The largest absolute Gasteiger partial charge is 0.455 e. The number of rotatable bonds is 2. The van der Waals surface area contributed by atoms with E-state index in [9.17, 15) is 14.4 Å². The van der Waals surface area contributed by atoms with Gasteiger partial charge in [-0.3, -0.25) is 14.4 Å². The monoisotopic (exact) mass is 352 g/mol. The predicted molar refractivity (Wildman–Crippen MR) is 95.4 cm³/mol. The maximum Gasteiger partial charge on any atom is 0.291 e. The number of fused-ring (bicyclic) bond motifs is 2. The van der Waals surface area contributed by atoms with Gasteiger partial charge in [0.25, 0.3) is 11.8 Å². The summed E-state index contributed by atoms with van der Waals surface area (Å²) in [5.74, 6) is 0.202. The van der Waals surface area contributed by atoms with Crippen molar-refractivity contribution in [3.05, 3.63) is 52.0 Å². The molecule has 2 heterocycles. The van der Waals surface area contributed by atoms with Crippen LogP contribution in [0.5, 0.6) is 0 Å². The van der Waals surface area contributed by atoms with Crippen LogP contribution >= 0.6 is 0 Å². The summed E-state index contributed by atoms with van der Waals surface area (Å²) in [6.07, 6.45) is 1.07. The lowest BCUT2D eigenvalue weighted by molar-refractivity contribution is 0.0898. The average molecular weight is 352 g/mol. The molecule has 134 valence electrons. The third kappa shape index (κ3) is 2.62. The fourth-order valence-corrected chi connectivity index (χ4v) is 3.78. The van der Waals surface area contributed by atoms with E-state index in [0.29, 0.717) is 47.5 Å². The van der Waals surface area contributed by atoms with Gasteiger partial charge in [-0.1, -0.05) is 19.9 Å². The molecule has 2 aliphatic rings. The lowest BCUT2D eigenvalue weighted by Gasteiger charge is -2.27. The zero-order chi connectivity index (χ0) is 18.6. The number of nitrogens with one attached hydrogen (secondary N) is 2. The lowest BCUT2D eigenvalue weighted by Crippen LogP contribution is -2.26. The second-order valence-electron chi connectivity index (χ2n) is 7.80. The summed E-state index contributed by atoms with van der Waals surface area (Å²) < 4.78 is 5.78. The van der Waals surface area contributed by atoms with E-state index in [1.165, 1.54) is 0 Å². The molecule has 1 aromatic heterocycles. The Morgan fingerprint density at radius 1 is 1.23 bits per heavy atom. The van der Waals surface area contributed by atoms with E-state index < -0.39 is 5.91 Å². The predicted octanol–water partition coefficient (Wildman–Crippen LogP) is 3.24. The van der Waals surface area contributed by atoms with Gasteiger partial charge in [0.05, 0.1) is 5.56 Å². The van der Waals surface area contributed by atoms with E-state index in [-0.39, 0.29) is 22.9 Å². The van der Waals surface area contributed by atoms with Crippen molar-refractivity contribution >= 4 is 23.3 Å². The molecule has 2 N–H and O–H groups in total. The minimum Gasteiger partial charge on any atom is -0.455 e. The molecule has 0 saturated heterocycles. The van der Waals surface area contributed by atoms with Crippen molar-refractivity contribution in [3.63, 3.8) is 0 Å². The highest BCUT2D eigenvalue weighted by atomic mass is 16.4. The summed E-state index contributed by atoms with van der Waals surface area (Å²) in [7, 11) is 0. The third-order valence-corrected chi connectivity index (χ3v) is 5.03. The van der Waals surface area contributed by atoms with Gasteiger partial charge in [-0.15, -0.1) is 0 Å². The van der Waals surface area contributed by atoms with E-state index in [0.717, 1.165) is 5.56 Å². The van der Waals surface area contributed by atoms with Gasteiger partial charge in [-0.05, 0) is 30.0 Å². The van der Waals surface area contributed by atoms with Crippen molar-refractivity contribution in [1.29, 1.82) is 0 Å². The maximum atomic E-state index is 12.7. The van der Waals surface area contributed by atoms with Gasteiger partial charge in [-0.2, -0.15) is 0 Å². The smallest absolute Gasteiger partial charge is 0.291 e. The Morgan fingerprint density at radius 3 is 2.77 bits per heavy atom. The SMILES string of the molecule is Cc1c(C(=O)Nc2ccc3c(c2)C(=O)NC3)oc2c1C(=O)CC(C)(C)C2. The van der Waals surface area contributed by atoms with Crippen molar-refractivity contribution in [2.45, 2.75) is 40.2 Å². The first-order valence-corrected chi connectivity index (χ1v) is 8.63. The molecule has 0 atom stereocenters. The first kappa shape index (κ1) is 16.6. The zero-order valence-electron chi connectivity index (χ0n) is 15.0. The molecule has 2 aromatic rings. The molecule has 0 radical (unpaired) electrons. The number of carbonyl (C=O) groups is 3. The number of hydrogen-bond donors (Lipinski definition) is 2. The van der Waals surface area contributed by atoms with E-state index >= 15 is 0 Å².